The van der Waals surface area contributed by atoms with Gasteiger partial charge < -0.3 is 0 Å². The third kappa shape index (κ3) is 4.90. The van der Waals surface area contributed by atoms with Crippen molar-refractivity contribution < 1.29 is 0 Å². The molecule has 0 aliphatic carbocycles. The van der Waals surface area contributed by atoms with Gasteiger partial charge in [-0.05, 0) is 68.8 Å². The van der Waals surface area contributed by atoms with Crippen LogP contribution >= 0.6 is 31.9 Å². The van der Waals surface area contributed by atoms with Crippen LogP contribution in [0.1, 0.15) is 0 Å². The fraction of sp³-hybridized carbons (Fsp3) is 0. The Hall–Kier alpha value is -3.72. The van der Waals surface area contributed by atoms with E-state index in [4.69, 9.17) is 0 Å². The first-order valence-corrected chi connectivity index (χ1v) is 14.2. The molecular formula is C36H24Br2. The minimum Gasteiger partial charge on any atom is -0.0622 e. The molecule has 6 aromatic rings. The van der Waals surface area contributed by atoms with Crippen LogP contribution in [0.25, 0.3) is 55.6 Å². The summed E-state index contributed by atoms with van der Waals surface area (Å²) in [7, 11) is 0. The molecule has 0 unspecified atom stereocenters. The maximum atomic E-state index is 3.98. The van der Waals surface area contributed by atoms with Gasteiger partial charge in [0.1, 0.15) is 0 Å². The van der Waals surface area contributed by atoms with Crippen molar-refractivity contribution in [2.45, 2.75) is 0 Å². The predicted molar refractivity (Wildman–Crippen MR) is 169 cm³/mol. The van der Waals surface area contributed by atoms with Gasteiger partial charge in [-0.3, -0.25) is 0 Å². The van der Waals surface area contributed by atoms with E-state index in [2.05, 4.69) is 177 Å². The zero-order valence-electron chi connectivity index (χ0n) is 20.6. The smallest absolute Gasteiger partial charge is 0.0266 e. The SMILES string of the molecule is Brc1cc(-c2ccccc2)cc(-c2cc(-c3ccccc3)cc(Br)c2-c2ccccc2)c1-c1ccccc1. The molecule has 0 radical (unpaired) electrons. The summed E-state index contributed by atoms with van der Waals surface area (Å²) in [6.07, 6.45) is 0. The number of hydrogen-bond donors (Lipinski definition) is 0. The topological polar surface area (TPSA) is 0 Å². The highest BCUT2D eigenvalue weighted by atomic mass is 79.9. The molecule has 38 heavy (non-hydrogen) atoms. The Morgan fingerprint density at radius 3 is 0.895 bits per heavy atom. The maximum absolute atomic E-state index is 3.98. The second-order valence-corrected chi connectivity index (χ2v) is 10.9. The Kier molecular flexibility index (Phi) is 7.09. The molecular weight excluding hydrogens is 592 g/mol. The van der Waals surface area contributed by atoms with E-state index >= 15 is 0 Å². The van der Waals surface area contributed by atoms with Gasteiger partial charge in [-0.1, -0.05) is 153 Å². The van der Waals surface area contributed by atoms with Crippen molar-refractivity contribution in [3.05, 3.63) is 155 Å². The standard InChI is InChI=1S/C36H24Br2/c37-33-23-29(25-13-5-1-6-14-25)21-31(35(33)27-17-9-3-10-18-27)32-22-30(26-15-7-2-8-16-26)24-34(38)36(32)28-19-11-4-12-20-28/h1-24H. The number of hydrogen-bond acceptors (Lipinski definition) is 0. The molecule has 0 bridgehead atoms. The van der Waals surface area contributed by atoms with Gasteiger partial charge in [0.05, 0.1) is 0 Å². The van der Waals surface area contributed by atoms with Gasteiger partial charge in [0.15, 0.2) is 0 Å². The summed E-state index contributed by atoms with van der Waals surface area (Å²) < 4.78 is 2.14. The van der Waals surface area contributed by atoms with Gasteiger partial charge in [-0.2, -0.15) is 0 Å². The molecule has 0 spiro atoms. The summed E-state index contributed by atoms with van der Waals surface area (Å²) in [6, 6.07) is 51.6. The summed E-state index contributed by atoms with van der Waals surface area (Å²) in [5.41, 5.74) is 11.8. The van der Waals surface area contributed by atoms with Crippen LogP contribution in [0.5, 0.6) is 0 Å². The van der Waals surface area contributed by atoms with E-state index in [0.29, 0.717) is 0 Å². The lowest BCUT2D eigenvalue weighted by Crippen LogP contribution is -1.94. The van der Waals surface area contributed by atoms with Crippen LogP contribution in [-0.2, 0) is 0 Å². The van der Waals surface area contributed by atoms with E-state index in [9.17, 15) is 0 Å². The molecule has 0 aliphatic heterocycles. The molecule has 0 aliphatic rings. The van der Waals surface area contributed by atoms with E-state index in [0.717, 1.165) is 8.95 Å². The number of benzene rings is 6. The summed E-state index contributed by atoms with van der Waals surface area (Å²) in [6.45, 7) is 0. The van der Waals surface area contributed by atoms with Gasteiger partial charge in [0, 0.05) is 20.1 Å². The van der Waals surface area contributed by atoms with E-state index < -0.39 is 0 Å². The minimum absolute atomic E-state index is 1.07. The van der Waals surface area contributed by atoms with Gasteiger partial charge in [0.25, 0.3) is 0 Å². The third-order valence-corrected chi connectivity index (χ3v) is 8.06. The highest BCUT2D eigenvalue weighted by molar-refractivity contribution is 9.11. The highest BCUT2D eigenvalue weighted by Gasteiger charge is 2.20. The fourth-order valence-corrected chi connectivity index (χ4v) is 6.41. The molecule has 0 aromatic heterocycles. The van der Waals surface area contributed by atoms with Crippen molar-refractivity contribution in [3.8, 4) is 55.6 Å². The van der Waals surface area contributed by atoms with E-state index in [1.165, 1.54) is 55.6 Å². The summed E-state index contributed by atoms with van der Waals surface area (Å²) in [5.74, 6) is 0. The normalized spacial score (nSPS) is 10.9. The molecule has 0 saturated heterocycles. The lowest BCUT2D eigenvalue weighted by atomic mass is 9.85. The Balaban J connectivity index is 1.71. The van der Waals surface area contributed by atoms with Crippen molar-refractivity contribution >= 4 is 31.9 Å². The zero-order valence-corrected chi connectivity index (χ0v) is 23.8. The Morgan fingerprint density at radius 2 is 0.579 bits per heavy atom. The van der Waals surface area contributed by atoms with Crippen molar-refractivity contribution in [1.82, 2.24) is 0 Å². The molecule has 6 rings (SSSR count). The average molecular weight is 616 g/mol. The number of rotatable bonds is 5. The van der Waals surface area contributed by atoms with Gasteiger partial charge in [-0.15, -0.1) is 0 Å². The lowest BCUT2D eigenvalue weighted by molar-refractivity contribution is 1.51. The predicted octanol–water partition coefficient (Wildman–Crippen LogP) is 11.5. The van der Waals surface area contributed by atoms with Crippen molar-refractivity contribution in [3.63, 3.8) is 0 Å². The zero-order chi connectivity index (χ0) is 25.9. The molecule has 0 N–H and O–H groups in total. The number of halogens is 2. The van der Waals surface area contributed by atoms with Crippen LogP contribution in [0.4, 0.5) is 0 Å². The van der Waals surface area contributed by atoms with E-state index in [1.807, 2.05) is 0 Å². The first-order valence-electron chi connectivity index (χ1n) is 12.6. The van der Waals surface area contributed by atoms with E-state index in [-0.39, 0.29) is 0 Å². The molecule has 0 fully saturated rings. The lowest BCUT2D eigenvalue weighted by Gasteiger charge is -2.21. The quantitative estimate of drug-likeness (QED) is 0.181. The van der Waals surface area contributed by atoms with Gasteiger partial charge >= 0.3 is 0 Å². The maximum Gasteiger partial charge on any atom is 0.0266 e. The molecule has 0 heterocycles. The monoisotopic (exact) mass is 614 g/mol. The largest absolute Gasteiger partial charge is 0.0622 e. The molecule has 0 amide bonds. The molecule has 182 valence electrons. The van der Waals surface area contributed by atoms with Gasteiger partial charge in [-0.25, -0.2) is 0 Å². The first kappa shape index (κ1) is 24.6. The van der Waals surface area contributed by atoms with Crippen molar-refractivity contribution in [1.29, 1.82) is 0 Å². The Labute approximate surface area is 240 Å². The molecule has 0 saturated carbocycles. The summed E-state index contributed by atoms with van der Waals surface area (Å²) in [5, 5.41) is 0. The van der Waals surface area contributed by atoms with Crippen molar-refractivity contribution in [2.24, 2.45) is 0 Å². The molecule has 0 atom stereocenters. The van der Waals surface area contributed by atoms with Crippen molar-refractivity contribution in [2.75, 3.05) is 0 Å². The fourth-order valence-electron chi connectivity index (χ4n) is 5.03. The summed E-state index contributed by atoms with van der Waals surface area (Å²) in [4.78, 5) is 0. The molecule has 2 heteroatoms. The van der Waals surface area contributed by atoms with Gasteiger partial charge in [0.2, 0.25) is 0 Å². The molecule has 6 aromatic carbocycles. The first-order chi connectivity index (χ1) is 18.7. The van der Waals surface area contributed by atoms with Crippen LogP contribution in [0.3, 0.4) is 0 Å². The van der Waals surface area contributed by atoms with Crippen LogP contribution in [0.15, 0.2) is 155 Å². The molecule has 0 nitrogen and oxygen atoms in total. The van der Waals surface area contributed by atoms with Crippen LogP contribution in [0.2, 0.25) is 0 Å². The Morgan fingerprint density at radius 1 is 0.289 bits per heavy atom. The average Bonchev–Trinajstić information content (AvgIpc) is 2.98. The third-order valence-electron chi connectivity index (χ3n) is 6.81. The Bertz CT molecular complexity index is 1560. The van der Waals surface area contributed by atoms with Crippen LogP contribution < -0.4 is 0 Å². The minimum atomic E-state index is 1.07. The van der Waals surface area contributed by atoms with E-state index in [1.54, 1.807) is 0 Å². The van der Waals surface area contributed by atoms with Crippen LogP contribution in [0, 0.1) is 0 Å². The second-order valence-electron chi connectivity index (χ2n) is 9.23. The van der Waals surface area contributed by atoms with Crippen LogP contribution in [-0.4, -0.2) is 0 Å². The second kappa shape index (κ2) is 10.9. The summed E-state index contributed by atoms with van der Waals surface area (Å²) >= 11 is 7.96. The highest BCUT2D eigenvalue weighted by Crippen LogP contribution is 2.47.